The van der Waals surface area contributed by atoms with Crippen LogP contribution < -0.4 is 0 Å². The number of morpholine rings is 1. The van der Waals surface area contributed by atoms with Gasteiger partial charge in [0.25, 0.3) is 5.91 Å². The van der Waals surface area contributed by atoms with Crippen LogP contribution in [-0.2, 0) is 14.9 Å². The van der Waals surface area contributed by atoms with Crippen LogP contribution in [0.2, 0.25) is 0 Å². The number of hydrogen-bond donors (Lipinski definition) is 1. The molecule has 1 saturated heterocycles. The van der Waals surface area contributed by atoms with Gasteiger partial charge >= 0.3 is 5.97 Å². The normalized spacial score (nSPS) is 19.0. The van der Waals surface area contributed by atoms with Crippen LogP contribution in [0.4, 0.5) is 0 Å². The van der Waals surface area contributed by atoms with Crippen molar-refractivity contribution in [1.29, 1.82) is 0 Å². The number of aliphatic carboxylic acids is 1. The first-order chi connectivity index (χ1) is 10.3. The Hall–Kier alpha value is -1.88. The fourth-order valence-corrected chi connectivity index (χ4v) is 2.52. The van der Waals surface area contributed by atoms with Crippen LogP contribution in [0.5, 0.6) is 0 Å². The van der Waals surface area contributed by atoms with Crippen LogP contribution in [0, 0.1) is 0 Å². The Bertz CT molecular complexity index is 545. The molecule has 0 spiro atoms. The van der Waals surface area contributed by atoms with Gasteiger partial charge < -0.3 is 14.7 Å². The molecule has 0 aliphatic carbocycles. The van der Waals surface area contributed by atoms with E-state index >= 15 is 0 Å². The minimum Gasteiger partial charge on any atom is -0.481 e. The molecule has 1 atom stereocenters. The Morgan fingerprint density at radius 3 is 2.45 bits per heavy atom. The van der Waals surface area contributed by atoms with E-state index in [-0.39, 0.29) is 17.7 Å². The highest BCUT2D eigenvalue weighted by atomic mass is 16.5. The molecular formula is C17H23NO4. The van der Waals surface area contributed by atoms with E-state index in [1.54, 1.807) is 4.90 Å². The third-order valence-corrected chi connectivity index (χ3v) is 3.83. The Morgan fingerprint density at radius 1 is 1.27 bits per heavy atom. The summed E-state index contributed by atoms with van der Waals surface area (Å²) in [5.41, 5.74) is 1.85. The molecule has 1 aromatic rings. The number of carbonyl (C=O) groups is 2. The molecule has 1 aliphatic rings. The van der Waals surface area contributed by atoms with Crippen LogP contribution >= 0.6 is 0 Å². The maximum Gasteiger partial charge on any atom is 0.306 e. The maximum atomic E-state index is 12.5. The molecule has 0 saturated carbocycles. The second-order valence-corrected chi connectivity index (χ2v) is 6.67. The molecule has 22 heavy (non-hydrogen) atoms. The first kappa shape index (κ1) is 16.5. The predicted molar refractivity (Wildman–Crippen MR) is 83.0 cm³/mol. The number of nitrogens with zero attached hydrogens (tertiary/aromatic N) is 1. The van der Waals surface area contributed by atoms with Gasteiger partial charge in [0.05, 0.1) is 19.1 Å². The lowest BCUT2D eigenvalue weighted by molar-refractivity contribution is -0.141. The zero-order valence-electron chi connectivity index (χ0n) is 13.3. The number of benzene rings is 1. The van der Waals surface area contributed by atoms with E-state index < -0.39 is 12.1 Å². The lowest BCUT2D eigenvalue weighted by atomic mass is 9.86. The van der Waals surface area contributed by atoms with E-state index in [9.17, 15) is 9.59 Å². The lowest BCUT2D eigenvalue weighted by Crippen LogP contribution is -2.46. The molecule has 1 amide bonds. The van der Waals surface area contributed by atoms with E-state index in [4.69, 9.17) is 9.84 Å². The number of carboxylic acid groups (broad SMARTS) is 1. The highest BCUT2D eigenvalue weighted by Crippen LogP contribution is 2.23. The first-order valence-corrected chi connectivity index (χ1v) is 7.50. The summed E-state index contributed by atoms with van der Waals surface area (Å²) in [7, 11) is 0. The molecule has 0 radical (unpaired) electrons. The third-order valence-electron chi connectivity index (χ3n) is 3.83. The van der Waals surface area contributed by atoms with E-state index in [2.05, 4.69) is 20.8 Å². The van der Waals surface area contributed by atoms with Crippen molar-refractivity contribution in [3.63, 3.8) is 0 Å². The molecule has 1 N–H and O–H groups in total. The van der Waals surface area contributed by atoms with Crippen LogP contribution in [0.3, 0.4) is 0 Å². The highest BCUT2D eigenvalue weighted by Gasteiger charge is 2.26. The summed E-state index contributed by atoms with van der Waals surface area (Å²) in [5.74, 6) is -0.979. The molecular weight excluding hydrogens is 282 g/mol. The quantitative estimate of drug-likeness (QED) is 0.930. The Labute approximate surface area is 130 Å². The Morgan fingerprint density at radius 2 is 1.91 bits per heavy atom. The predicted octanol–water partition coefficient (Wildman–Crippen LogP) is 2.30. The van der Waals surface area contributed by atoms with Gasteiger partial charge in [0.2, 0.25) is 0 Å². The first-order valence-electron chi connectivity index (χ1n) is 7.50. The van der Waals surface area contributed by atoms with Gasteiger partial charge in [-0.25, -0.2) is 0 Å². The minimum atomic E-state index is -0.908. The summed E-state index contributed by atoms with van der Waals surface area (Å²) in [6.45, 7) is 7.58. The van der Waals surface area contributed by atoms with Crippen molar-refractivity contribution in [3.05, 3.63) is 35.4 Å². The van der Waals surface area contributed by atoms with Crippen molar-refractivity contribution in [2.45, 2.75) is 38.7 Å². The number of ether oxygens (including phenoxy) is 1. The topological polar surface area (TPSA) is 66.8 Å². The highest BCUT2D eigenvalue weighted by molar-refractivity contribution is 5.94. The third kappa shape index (κ3) is 4.07. The van der Waals surface area contributed by atoms with Crippen LogP contribution in [-0.4, -0.2) is 47.7 Å². The van der Waals surface area contributed by atoms with Gasteiger partial charge in [0.15, 0.2) is 0 Å². The van der Waals surface area contributed by atoms with Crippen molar-refractivity contribution in [1.82, 2.24) is 4.90 Å². The lowest BCUT2D eigenvalue weighted by Gasteiger charge is -2.32. The van der Waals surface area contributed by atoms with Crippen molar-refractivity contribution in [2.24, 2.45) is 0 Å². The monoisotopic (exact) mass is 305 g/mol. The van der Waals surface area contributed by atoms with E-state index in [1.165, 1.54) is 5.56 Å². The standard InChI is InChI=1S/C17H23NO4/c1-17(2,3)13-6-4-12(5-7-13)16(21)18-8-9-22-14(11-18)10-15(19)20/h4-7,14H,8-11H2,1-3H3,(H,19,20). The SMILES string of the molecule is CC(C)(C)c1ccc(C(=O)N2CCOC(CC(=O)O)C2)cc1. The molecule has 120 valence electrons. The fourth-order valence-electron chi connectivity index (χ4n) is 2.52. The second-order valence-electron chi connectivity index (χ2n) is 6.67. The van der Waals surface area contributed by atoms with Crippen molar-refractivity contribution in [2.75, 3.05) is 19.7 Å². The number of amides is 1. The number of carbonyl (C=O) groups excluding carboxylic acids is 1. The van der Waals surface area contributed by atoms with Gasteiger partial charge in [-0.1, -0.05) is 32.9 Å². The Balaban J connectivity index is 2.06. The summed E-state index contributed by atoms with van der Waals surface area (Å²) in [6, 6.07) is 7.62. The van der Waals surface area contributed by atoms with Gasteiger partial charge in [0.1, 0.15) is 0 Å². The Kier molecular flexibility index (Phi) is 4.86. The molecule has 0 aromatic heterocycles. The maximum absolute atomic E-state index is 12.5. The van der Waals surface area contributed by atoms with E-state index in [0.717, 1.165) is 0 Å². The molecule has 1 aliphatic heterocycles. The van der Waals surface area contributed by atoms with Crippen LogP contribution in [0.1, 0.15) is 43.1 Å². The average Bonchev–Trinajstić information content (AvgIpc) is 2.45. The smallest absolute Gasteiger partial charge is 0.306 e. The molecule has 2 rings (SSSR count). The molecule has 5 nitrogen and oxygen atoms in total. The molecule has 1 aromatic carbocycles. The summed E-state index contributed by atoms with van der Waals surface area (Å²) in [4.78, 5) is 24.9. The number of hydrogen-bond acceptors (Lipinski definition) is 3. The summed E-state index contributed by atoms with van der Waals surface area (Å²) in [6.07, 6.45) is -0.503. The second kappa shape index (κ2) is 6.48. The minimum absolute atomic E-state index is 0.0487. The van der Waals surface area contributed by atoms with Gasteiger partial charge in [-0.05, 0) is 23.1 Å². The molecule has 0 bridgehead atoms. The average molecular weight is 305 g/mol. The molecule has 1 heterocycles. The zero-order chi connectivity index (χ0) is 16.3. The van der Waals surface area contributed by atoms with Gasteiger partial charge in [-0.15, -0.1) is 0 Å². The molecule has 1 fully saturated rings. The largest absolute Gasteiger partial charge is 0.481 e. The van der Waals surface area contributed by atoms with Crippen LogP contribution in [0.25, 0.3) is 0 Å². The number of carboxylic acids is 1. The van der Waals surface area contributed by atoms with Gasteiger partial charge in [-0.2, -0.15) is 0 Å². The molecule has 5 heteroatoms. The fraction of sp³-hybridized carbons (Fsp3) is 0.529. The van der Waals surface area contributed by atoms with E-state index in [1.807, 2.05) is 24.3 Å². The van der Waals surface area contributed by atoms with Gasteiger partial charge in [-0.3, -0.25) is 9.59 Å². The molecule has 1 unspecified atom stereocenters. The van der Waals surface area contributed by atoms with Crippen molar-refractivity contribution in [3.8, 4) is 0 Å². The van der Waals surface area contributed by atoms with E-state index in [0.29, 0.717) is 25.3 Å². The summed E-state index contributed by atoms with van der Waals surface area (Å²) < 4.78 is 5.39. The van der Waals surface area contributed by atoms with Gasteiger partial charge in [0, 0.05) is 18.7 Å². The van der Waals surface area contributed by atoms with Crippen molar-refractivity contribution >= 4 is 11.9 Å². The van der Waals surface area contributed by atoms with Crippen LogP contribution in [0.15, 0.2) is 24.3 Å². The summed E-state index contributed by atoms with van der Waals surface area (Å²) in [5, 5.41) is 8.83. The zero-order valence-corrected chi connectivity index (χ0v) is 13.3. The van der Waals surface area contributed by atoms with Crippen molar-refractivity contribution < 1.29 is 19.4 Å². The number of rotatable bonds is 3. The summed E-state index contributed by atoms with van der Waals surface area (Å²) >= 11 is 0.